The Morgan fingerprint density at radius 2 is 2.19 bits per heavy atom. The standard InChI is InChI=1S/C16H22N2O3/c1-15(2)8-10-4-3-5-12(13(10)21-15)20-11-6-7-16(18,9-11)14(17)19/h3-5,11H,6-9,18H2,1-2H3,(H2,17,19). The smallest absolute Gasteiger partial charge is 0.237 e. The molecule has 114 valence electrons. The fourth-order valence-electron chi connectivity index (χ4n) is 3.21. The fraction of sp³-hybridized carbons (Fsp3) is 0.562. The first-order valence-electron chi connectivity index (χ1n) is 7.35. The van der Waals surface area contributed by atoms with Crippen LogP contribution in [0.15, 0.2) is 18.2 Å². The highest BCUT2D eigenvalue weighted by atomic mass is 16.5. The van der Waals surface area contributed by atoms with E-state index in [2.05, 4.69) is 19.9 Å². The van der Waals surface area contributed by atoms with Crippen molar-refractivity contribution in [1.82, 2.24) is 0 Å². The van der Waals surface area contributed by atoms with E-state index in [0.717, 1.165) is 29.9 Å². The van der Waals surface area contributed by atoms with Gasteiger partial charge in [-0.15, -0.1) is 0 Å². The Labute approximate surface area is 124 Å². The summed E-state index contributed by atoms with van der Waals surface area (Å²) in [6.45, 7) is 4.12. The van der Waals surface area contributed by atoms with E-state index in [4.69, 9.17) is 20.9 Å². The number of rotatable bonds is 3. The summed E-state index contributed by atoms with van der Waals surface area (Å²) in [6, 6.07) is 5.93. The number of benzene rings is 1. The van der Waals surface area contributed by atoms with Crippen molar-refractivity contribution in [3.63, 3.8) is 0 Å². The molecule has 2 unspecified atom stereocenters. The number of carbonyl (C=O) groups is 1. The lowest BCUT2D eigenvalue weighted by molar-refractivity contribution is -0.123. The average molecular weight is 290 g/mol. The van der Waals surface area contributed by atoms with E-state index >= 15 is 0 Å². The predicted octanol–water partition coefficient (Wildman–Crippen LogP) is 1.51. The van der Waals surface area contributed by atoms with Crippen LogP contribution in [-0.4, -0.2) is 23.2 Å². The van der Waals surface area contributed by atoms with Crippen LogP contribution in [0.25, 0.3) is 0 Å². The highest BCUT2D eigenvalue weighted by Crippen LogP contribution is 2.43. The van der Waals surface area contributed by atoms with Crippen molar-refractivity contribution in [2.24, 2.45) is 11.5 Å². The van der Waals surface area contributed by atoms with Gasteiger partial charge in [-0.1, -0.05) is 12.1 Å². The summed E-state index contributed by atoms with van der Waals surface area (Å²) in [7, 11) is 0. The Kier molecular flexibility index (Phi) is 3.13. The quantitative estimate of drug-likeness (QED) is 0.883. The van der Waals surface area contributed by atoms with Crippen molar-refractivity contribution < 1.29 is 14.3 Å². The van der Waals surface area contributed by atoms with E-state index in [9.17, 15) is 4.79 Å². The summed E-state index contributed by atoms with van der Waals surface area (Å²) < 4.78 is 12.0. The van der Waals surface area contributed by atoms with Crippen molar-refractivity contribution in [1.29, 1.82) is 0 Å². The molecule has 3 rings (SSSR count). The second-order valence-electron chi connectivity index (χ2n) is 6.79. The van der Waals surface area contributed by atoms with Gasteiger partial charge in [0.15, 0.2) is 11.5 Å². The molecule has 1 aliphatic heterocycles. The van der Waals surface area contributed by atoms with Crippen LogP contribution in [0.5, 0.6) is 11.5 Å². The number of para-hydroxylation sites is 1. The van der Waals surface area contributed by atoms with Crippen molar-refractivity contribution in [3.05, 3.63) is 23.8 Å². The molecule has 5 heteroatoms. The Balaban J connectivity index is 1.77. The molecule has 5 nitrogen and oxygen atoms in total. The van der Waals surface area contributed by atoms with Crippen LogP contribution >= 0.6 is 0 Å². The molecule has 0 saturated heterocycles. The molecule has 1 aromatic rings. The summed E-state index contributed by atoms with van der Waals surface area (Å²) in [4.78, 5) is 11.4. The van der Waals surface area contributed by atoms with Crippen LogP contribution in [0.2, 0.25) is 0 Å². The molecule has 1 aliphatic carbocycles. The van der Waals surface area contributed by atoms with Gasteiger partial charge in [0, 0.05) is 18.4 Å². The van der Waals surface area contributed by atoms with Crippen LogP contribution in [0.4, 0.5) is 0 Å². The Bertz CT molecular complexity index is 585. The van der Waals surface area contributed by atoms with Crippen LogP contribution in [0.3, 0.4) is 0 Å². The topological polar surface area (TPSA) is 87.6 Å². The lowest BCUT2D eigenvalue weighted by Crippen LogP contribution is -2.50. The summed E-state index contributed by atoms with van der Waals surface area (Å²) in [5, 5.41) is 0. The highest BCUT2D eigenvalue weighted by molar-refractivity contribution is 5.84. The number of primary amides is 1. The van der Waals surface area contributed by atoms with Gasteiger partial charge in [0.1, 0.15) is 11.7 Å². The van der Waals surface area contributed by atoms with Gasteiger partial charge in [-0.05, 0) is 32.8 Å². The third-order valence-electron chi connectivity index (χ3n) is 4.34. The van der Waals surface area contributed by atoms with Gasteiger partial charge in [0.25, 0.3) is 0 Å². The number of fused-ring (bicyclic) bond motifs is 1. The minimum Gasteiger partial charge on any atom is -0.486 e. The largest absolute Gasteiger partial charge is 0.486 e. The molecule has 0 bridgehead atoms. The van der Waals surface area contributed by atoms with Crippen molar-refractivity contribution in [3.8, 4) is 11.5 Å². The van der Waals surface area contributed by atoms with Gasteiger partial charge in [0.2, 0.25) is 5.91 Å². The molecule has 1 amide bonds. The van der Waals surface area contributed by atoms with Crippen LogP contribution < -0.4 is 20.9 Å². The molecule has 0 spiro atoms. The first kappa shape index (κ1) is 14.2. The maximum atomic E-state index is 11.4. The van der Waals surface area contributed by atoms with E-state index in [1.807, 2.05) is 12.1 Å². The molecule has 1 heterocycles. The lowest BCUT2D eigenvalue weighted by atomic mass is 9.98. The summed E-state index contributed by atoms with van der Waals surface area (Å²) >= 11 is 0. The second kappa shape index (κ2) is 4.63. The average Bonchev–Trinajstić information content (AvgIpc) is 2.90. The normalized spacial score (nSPS) is 29.8. The summed E-state index contributed by atoms with van der Waals surface area (Å²) in [5.41, 5.74) is 11.4. The SMILES string of the molecule is CC1(C)Cc2cccc(OC3CCC(N)(C(N)=O)C3)c2O1. The zero-order chi connectivity index (χ0) is 15.3. The molecule has 0 aromatic heterocycles. The summed E-state index contributed by atoms with van der Waals surface area (Å²) in [6.07, 6.45) is 2.52. The maximum Gasteiger partial charge on any atom is 0.237 e. The van der Waals surface area contributed by atoms with Crippen molar-refractivity contribution >= 4 is 5.91 Å². The molecule has 2 atom stereocenters. The molecule has 1 aromatic carbocycles. The summed E-state index contributed by atoms with van der Waals surface area (Å²) in [5.74, 6) is 1.09. The van der Waals surface area contributed by atoms with Gasteiger partial charge in [-0.3, -0.25) is 4.79 Å². The van der Waals surface area contributed by atoms with E-state index in [1.54, 1.807) is 0 Å². The first-order chi connectivity index (χ1) is 9.79. The van der Waals surface area contributed by atoms with Crippen LogP contribution in [0.1, 0.15) is 38.7 Å². The molecule has 1 saturated carbocycles. The molecule has 21 heavy (non-hydrogen) atoms. The number of carbonyl (C=O) groups excluding carboxylic acids is 1. The third-order valence-corrected chi connectivity index (χ3v) is 4.34. The number of hydrogen-bond acceptors (Lipinski definition) is 4. The first-order valence-corrected chi connectivity index (χ1v) is 7.35. The molecule has 4 N–H and O–H groups in total. The predicted molar refractivity (Wildman–Crippen MR) is 79.2 cm³/mol. The van der Waals surface area contributed by atoms with Gasteiger partial charge >= 0.3 is 0 Å². The van der Waals surface area contributed by atoms with E-state index in [0.29, 0.717) is 12.8 Å². The molecular weight excluding hydrogens is 268 g/mol. The Hall–Kier alpha value is -1.75. The van der Waals surface area contributed by atoms with E-state index in [-0.39, 0.29) is 11.7 Å². The minimum atomic E-state index is -0.942. The number of ether oxygens (including phenoxy) is 2. The fourth-order valence-corrected chi connectivity index (χ4v) is 3.21. The molecule has 0 radical (unpaired) electrons. The molecule has 2 aliphatic rings. The van der Waals surface area contributed by atoms with Gasteiger partial charge in [-0.25, -0.2) is 0 Å². The third kappa shape index (κ3) is 2.58. The van der Waals surface area contributed by atoms with E-state index in [1.165, 1.54) is 0 Å². The number of nitrogens with two attached hydrogens (primary N) is 2. The zero-order valence-electron chi connectivity index (χ0n) is 12.5. The second-order valence-corrected chi connectivity index (χ2v) is 6.79. The van der Waals surface area contributed by atoms with Crippen LogP contribution in [0, 0.1) is 0 Å². The number of amides is 1. The van der Waals surface area contributed by atoms with Gasteiger partial charge < -0.3 is 20.9 Å². The van der Waals surface area contributed by atoms with Crippen molar-refractivity contribution in [2.75, 3.05) is 0 Å². The zero-order valence-corrected chi connectivity index (χ0v) is 12.5. The lowest BCUT2D eigenvalue weighted by Gasteiger charge is -2.21. The maximum absolute atomic E-state index is 11.4. The Morgan fingerprint density at radius 1 is 1.43 bits per heavy atom. The molecule has 1 fully saturated rings. The van der Waals surface area contributed by atoms with Crippen LogP contribution in [-0.2, 0) is 11.2 Å². The Morgan fingerprint density at radius 3 is 2.86 bits per heavy atom. The monoisotopic (exact) mass is 290 g/mol. The van der Waals surface area contributed by atoms with Crippen molar-refractivity contribution in [2.45, 2.75) is 56.8 Å². The van der Waals surface area contributed by atoms with Gasteiger partial charge in [-0.2, -0.15) is 0 Å². The minimum absolute atomic E-state index is 0.0960. The van der Waals surface area contributed by atoms with Gasteiger partial charge in [0.05, 0.1) is 5.54 Å². The molecular formula is C16H22N2O3. The number of hydrogen-bond donors (Lipinski definition) is 2. The van der Waals surface area contributed by atoms with E-state index < -0.39 is 11.4 Å². The highest BCUT2D eigenvalue weighted by Gasteiger charge is 2.42.